The number of anilines is 1. The number of nitrogen functional groups attached to an aromatic ring is 1. The molecule has 1 fully saturated rings. The molecule has 0 unspecified atom stereocenters. The number of aromatic nitrogens is 4. The summed E-state index contributed by atoms with van der Waals surface area (Å²) in [5.74, 6) is 1.45. The van der Waals surface area contributed by atoms with Gasteiger partial charge in [0.25, 0.3) is 0 Å². The number of nitrogens with one attached hydrogen (secondary N) is 2. The van der Waals surface area contributed by atoms with Crippen LogP contribution in [0.15, 0.2) is 61.2 Å². The van der Waals surface area contributed by atoms with Gasteiger partial charge in [-0.25, -0.2) is 19.7 Å². The minimum absolute atomic E-state index is 0.214. The number of aliphatic hydroxyl groups is 2. The summed E-state index contributed by atoms with van der Waals surface area (Å²) >= 11 is 1.49. The lowest BCUT2D eigenvalue weighted by molar-refractivity contribution is -0.0289. The van der Waals surface area contributed by atoms with Crippen molar-refractivity contribution in [2.75, 3.05) is 23.8 Å². The summed E-state index contributed by atoms with van der Waals surface area (Å²) in [6.45, 7) is 0.796. The minimum Gasteiger partial charge on any atom is -0.508 e. The summed E-state index contributed by atoms with van der Waals surface area (Å²) in [5.41, 5.74) is 9.48. The van der Waals surface area contributed by atoms with Crippen LogP contribution >= 0.6 is 11.8 Å². The Balaban J connectivity index is 1.02. The first-order chi connectivity index (χ1) is 18.9. The fourth-order valence-electron chi connectivity index (χ4n) is 4.33. The van der Waals surface area contributed by atoms with E-state index in [0.29, 0.717) is 35.8 Å². The quantitative estimate of drug-likeness (QED) is 0.167. The Bertz CT molecular complexity index is 1430. The van der Waals surface area contributed by atoms with E-state index in [2.05, 4.69) is 25.6 Å². The van der Waals surface area contributed by atoms with Crippen molar-refractivity contribution in [2.24, 2.45) is 0 Å². The Labute approximate surface area is 228 Å². The molecule has 4 aromatic rings. The van der Waals surface area contributed by atoms with E-state index in [1.165, 1.54) is 29.0 Å². The maximum absolute atomic E-state index is 12.2. The predicted molar refractivity (Wildman–Crippen MR) is 147 cm³/mol. The maximum atomic E-state index is 12.2. The van der Waals surface area contributed by atoms with Crippen molar-refractivity contribution >= 4 is 34.8 Å². The highest BCUT2D eigenvalue weighted by Crippen LogP contribution is 2.33. The second kappa shape index (κ2) is 11.9. The van der Waals surface area contributed by atoms with E-state index in [1.54, 1.807) is 18.2 Å². The molecule has 2 amide bonds. The fourth-order valence-corrected chi connectivity index (χ4v) is 5.26. The molecule has 13 heteroatoms. The Morgan fingerprint density at radius 3 is 2.67 bits per heavy atom. The molecule has 2 aromatic carbocycles. The maximum Gasteiger partial charge on any atom is 0.315 e. The Morgan fingerprint density at radius 1 is 1.05 bits per heavy atom. The molecule has 0 bridgehead atoms. The van der Waals surface area contributed by atoms with Gasteiger partial charge in [0.2, 0.25) is 0 Å². The molecule has 0 radical (unpaired) electrons. The molecule has 0 saturated carbocycles. The predicted octanol–water partition coefficient (Wildman–Crippen LogP) is 1.63. The van der Waals surface area contributed by atoms with Gasteiger partial charge in [0.15, 0.2) is 17.7 Å². The van der Waals surface area contributed by atoms with E-state index in [-0.39, 0.29) is 17.6 Å². The van der Waals surface area contributed by atoms with Crippen molar-refractivity contribution in [1.29, 1.82) is 0 Å². The average Bonchev–Trinajstić information content (AvgIpc) is 3.49. The molecular weight excluding hydrogens is 522 g/mol. The van der Waals surface area contributed by atoms with Gasteiger partial charge in [0.05, 0.1) is 12.4 Å². The van der Waals surface area contributed by atoms with Crippen molar-refractivity contribution in [3.63, 3.8) is 0 Å². The lowest BCUT2D eigenvalue weighted by atomic mass is 10.0. The molecule has 0 spiro atoms. The first-order valence-electron chi connectivity index (χ1n) is 12.3. The van der Waals surface area contributed by atoms with Crippen LogP contribution in [-0.2, 0) is 11.3 Å². The van der Waals surface area contributed by atoms with Gasteiger partial charge in [0, 0.05) is 24.6 Å². The molecule has 1 aliphatic rings. The third-order valence-electron chi connectivity index (χ3n) is 6.40. The lowest BCUT2D eigenvalue weighted by Gasteiger charge is -2.16. The molecule has 12 nitrogen and oxygen atoms in total. The van der Waals surface area contributed by atoms with Crippen LogP contribution in [0.5, 0.6) is 5.75 Å². The number of hydrogen-bond acceptors (Lipinski definition) is 10. The number of benzene rings is 2. The van der Waals surface area contributed by atoms with Crippen LogP contribution in [0.25, 0.3) is 22.3 Å². The zero-order chi connectivity index (χ0) is 27.4. The second-order valence-electron chi connectivity index (χ2n) is 9.06. The number of fused-ring (bicyclic) bond motifs is 1. The van der Waals surface area contributed by atoms with Gasteiger partial charge in [-0.15, -0.1) is 0 Å². The molecule has 7 N–H and O–H groups in total. The number of amides is 2. The number of phenols is 1. The number of urea groups is 1. The molecule has 1 aliphatic heterocycles. The van der Waals surface area contributed by atoms with Gasteiger partial charge in [-0.3, -0.25) is 4.57 Å². The van der Waals surface area contributed by atoms with Gasteiger partial charge in [0.1, 0.15) is 29.8 Å². The number of carbonyl (C=O) groups excluding carboxylic acids is 1. The molecule has 204 valence electrons. The topological polar surface area (TPSA) is 181 Å². The number of nitrogens with two attached hydrogens (primary N) is 1. The average molecular weight is 552 g/mol. The highest BCUT2D eigenvalue weighted by atomic mass is 32.2. The largest absolute Gasteiger partial charge is 0.508 e. The summed E-state index contributed by atoms with van der Waals surface area (Å²) in [7, 11) is 0. The highest BCUT2D eigenvalue weighted by Gasteiger charge is 2.44. The molecule has 4 atom stereocenters. The van der Waals surface area contributed by atoms with Gasteiger partial charge < -0.3 is 36.4 Å². The number of hydrogen-bond donors (Lipinski definition) is 6. The number of thioether (sulfide) groups is 1. The van der Waals surface area contributed by atoms with Crippen LogP contribution in [0.4, 0.5) is 10.6 Å². The molecule has 39 heavy (non-hydrogen) atoms. The molecule has 5 rings (SSSR count). The zero-order valence-corrected chi connectivity index (χ0v) is 21.7. The van der Waals surface area contributed by atoms with Crippen LogP contribution in [0, 0.1) is 0 Å². The molecule has 3 heterocycles. The first-order valence-corrected chi connectivity index (χ1v) is 13.5. The van der Waals surface area contributed by atoms with Gasteiger partial charge in [-0.1, -0.05) is 36.4 Å². The van der Waals surface area contributed by atoms with Crippen molar-refractivity contribution in [2.45, 2.75) is 31.1 Å². The summed E-state index contributed by atoms with van der Waals surface area (Å²) in [6, 6.07) is 14.5. The van der Waals surface area contributed by atoms with Crippen molar-refractivity contribution in [3.05, 3.63) is 66.7 Å². The van der Waals surface area contributed by atoms with E-state index in [1.807, 2.05) is 30.3 Å². The molecule has 0 aliphatic carbocycles. The SMILES string of the molecule is Nc1ncnc2c1ncn2[C@@H]1O[C@H](CSCCNC(=O)NCc2ccc(-c3cccc(O)c3)cc2)[C@@H](O)[C@H]1O. The number of aromatic hydroxyl groups is 1. The molecule has 1 saturated heterocycles. The van der Waals surface area contributed by atoms with E-state index in [4.69, 9.17) is 10.5 Å². The fraction of sp³-hybridized carbons (Fsp3) is 0.308. The van der Waals surface area contributed by atoms with E-state index in [9.17, 15) is 20.1 Å². The van der Waals surface area contributed by atoms with Crippen LogP contribution < -0.4 is 16.4 Å². The van der Waals surface area contributed by atoms with Crippen LogP contribution in [0.2, 0.25) is 0 Å². The third-order valence-corrected chi connectivity index (χ3v) is 7.46. The van der Waals surface area contributed by atoms with Crippen molar-refractivity contribution < 1.29 is 24.9 Å². The van der Waals surface area contributed by atoms with E-state index in [0.717, 1.165) is 16.7 Å². The third kappa shape index (κ3) is 6.06. The Kier molecular flexibility index (Phi) is 8.12. The van der Waals surface area contributed by atoms with Crippen molar-refractivity contribution in [3.8, 4) is 16.9 Å². The number of aliphatic hydroxyl groups excluding tert-OH is 2. The Hall–Kier alpha value is -3.91. The minimum atomic E-state index is -1.16. The highest BCUT2D eigenvalue weighted by molar-refractivity contribution is 7.99. The summed E-state index contributed by atoms with van der Waals surface area (Å²) in [6.07, 6.45) is -0.960. The van der Waals surface area contributed by atoms with Gasteiger partial charge in [-0.05, 0) is 28.8 Å². The smallest absolute Gasteiger partial charge is 0.315 e. The number of rotatable bonds is 9. The second-order valence-corrected chi connectivity index (χ2v) is 10.2. The summed E-state index contributed by atoms with van der Waals surface area (Å²) in [5, 5.41) is 36.3. The van der Waals surface area contributed by atoms with Gasteiger partial charge in [-0.2, -0.15) is 11.8 Å². The number of phenolic OH excluding ortho intramolecular Hbond substituents is 1. The van der Waals surface area contributed by atoms with Crippen LogP contribution in [0.3, 0.4) is 0 Å². The van der Waals surface area contributed by atoms with E-state index >= 15 is 0 Å². The van der Waals surface area contributed by atoms with Crippen LogP contribution in [0.1, 0.15) is 11.8 Å². The molecular formula is C26H29N7O5S. The summed E-state index contributed by atoms with van der Waals surface area (Å²) in [4.78, 5) is 24.4. The van der Waals surface area contributed by atoms with Crippen LogP contribution in [-0.4, -0.2) is 77.2 Å². The lowest BCUT2D eigenvalue weighted by Crippen LogP contribution is -2.36. The number of carbonyl (C=O) groups is 1. The summed E-state index contributed by atoms with van der Waals surface area (Å²) < 4.78 is 7.46. The first kappa shape index (κ1) is 26.7. The molecule has 2 aromatic heterocycles. The standard InChI is InChI=1S/C26H29N7O5S/c27-23-20-24(31-13-30-23)33(14-32-20)25-22(36)21(35)19(38-25)12-39-9-8-28-26(37)29-11-15-4-6-16(7-5-15)17-2-1-3-18(34)10-17/h1-7,10,13-14,19,21-22,25,34-36H,8-9,11-12H2,(H2,27,30,31)(H2,28,29,37)/t19-,21-,22-,25-/m1/s1. The van der Waals surface area contributed by atoms with Gasteiger partial charge >= 0.3 is 6.03 Å². The van der Waals surface area contributed by atoms with Crippen molar-refractivity contribution in [1.82, 2.24) is 30.2 Å². The number of ether oxygens (including phenoxy) is 1. The number of imidazole rings is 1. The van der Waals surface area contributed by atoms with E-state index < -0.39 is 24.5 Å². The number of nitrogens with zero attached hydrogens (tertiary/aromatic N) is 4. The normalized spacial score (nSPS) is 20.8. The monoisotopic (exact) mass is 551 g/mol. The Morgan fingerprint density at radius 2 is 1.87 bits per heavy atom. The zero-order valence-electron chi connectivity index (χ0n) is 20.8.